The molecule has 1 aliphatic heterocycles. The Hall–Kier alpha value is -2.96. The summed E-state index contributed by atoms with van der Waals surface area (Å²) in [6.45, 7) is 7.20. The van der Waals surface area contributed by atoms with Crippen molar-refractivity contribution in [3.05, 3.63) is 53.1 Å². The van der Waals surface area contributed by atoms with Crippen LogP contribution in [0, 0.1) is 5.92 Å². The Balaban J connectivity index is 1.75. The van der Waals surface area contributed by atoms with E-state index in [0.29, 0.717) is 36.4 Å². The number of aromatic nitrogens is 2. The van der Waals surface area contributed by atoms with Crippen molar-refractivity contribution in [3.8, 4) is 0 Å². The molecule has 0 spiro atoms. The summed E-state index contributed by atoms with van der Waals surface area (Å²) in [4.78, 5) is 47.4. The molecule has 0 radical (unpaired) electrons. The zero-order chi connectivity index (χ0) is 19.4. The minimum absolute atomic E-state index is 0.00706. The van der Waals surface area contributed by atoms with Gasteiger partial charge in [-0.15, -0.1) is 0 Å². The zero-order valence-electron chi connectivity index (χ0n) is 15.5. The van der Waals surface area contributed by atoms with Gasteiger partial charge in [-0.25, -0.2) is 4.98 Å². The van der Waals surface area contributed by atoms with Gasteiger partial charge in [0.15, 0.2) is 0 Å². The highest BCUT2D eigenvalue weighted by Crippen LogP contribution is 2.20. The quantitative estimate of drug-likeness (QED) is 0.754. The maximum Gasteiger partial charge on any atom is 0.258 e. The summed E-state index contributed by atoms with van der Waals surface area (Å²) in [5.41, 5.74) is 0.412. The predicted molar refractivity (Wildman–Crippen MR) is 103 cm³/mol. The number of likely N-dealkylation sites (tertiary alicyclic amines) is 1. The lowest BCUT2D eigenvalue weighted by Gasteiger charge is -2.40. The molecule has 1 aromatic heterocycles. The smallest absolute Gasteiger partial charge is 0.258 e. The summed E-state index contributed by atoms with van der Waals surface area (Å²) in [6.07, 6.45) is 3.09. The van der Waals surface area contributed by atoms with Gasteiger partial charge in [0, 0.05) is 19.6 Å². The summed E-state index contributed by atoms with van der Waals surface area (Å²) < 4.78 is 0. The fraction of sp³-hybridized carbons (Fsp3) is 0.400. The maximum absolute atomic E-state index is 12.9. The topological polar surface area (TPSA) is 86.4 Å². The lowest BCUT2D eigenvalue weighted by Crippen LogP contribution is -2.56. The number of para-hydroxylation sites is 1. The second-order valence-electron chi connectivity index (χ2n) is 6.79. The van der Waals surface area contributed by atoms with Crippen molar-refractivity contribution >= 4 is 22.7 Å². The molecule has 142 valence electrons. The van der Waals surface area contributed by atoms with Crippen LogP contribution in [-0.4, -0.2) is 51.2 Å². The van der Waals surface area contributed by atoms with Crippen molar-refractivity contribution in [2.75, 3.05) is 19.6 Å². The number of carbonyl (C=O) groups excluding carboxylic acids is 2. The first kappa shape index (κ1) is 18.8. The number of nitrogens with zero attached hydrogens (tertiary/aromatic N) is 3. The zero-order valence-corrected chi connectivity index (χ0v) is 15.5. The van der Waals surface area contributed by atoms with E-state index in [1.807, 2.05) is 6.07 Å². The minimum Gasteiger partial charge on any atom is -0.337 e. The number of amides is 2. The van der Waals surface area contributed by atoms with Crippen molar-refractivity contribution in [2.45, 2.75) is 26.3 Å². The van der Waals surface area contributed by atoms with E-state index in [0.717, 1.165) is 12.8 Å². The van der Waals surface area contributed by atoms with E-state index in [-0.39, 0.29) is 29.8 Å². The second-order valence-corrected chi connectivity index (χ2v) is 6.79. The SMILES string of the molecule is C=CC(=O)N1CC(C(=O)N(CCCC)Cc2nc3ccccc3c(=O)[nH]2)C1. The average molecular weight is 368 g/mol. The molecule has 2 aromatic rings. The predicted octanol–water partition coefficient (Wildman–Crippen LogP) is 1.70. The highest BCUT2D eigenvalue weighted by Gasteiger charge is 2.37. The molecule has 1 saturated heterocycles. The summed E-state index contributed by atoms with van der Waals surface area (Å²) >= 11 is 0. The van der Waals surface area contributed by atoms with Crippen LogP contribution in [0.2, 0.25) is 0 Å². The van der Waals surface area contributed by atoms with Crippen molar-refractivity contribution in [3.63, 3.8) is 0 Å². The molecule has 27 heavy (non-hydrogen) atoms. The third-order valence-electron chi connectivity index (χ3n) is 4.81. The van der Waals surface area contributed by atoms with Crippen molar-refractivity contribution in [2.24, 2.45) is 5.92 Å². The number of hydrogen-bond acceptors (Lipinski definition) is 4. The number of aromatic amines is 1. The number of benzene rings is 1. The van der Waals surface area contributed by atoms with Crippen LogP contribution in [0.15, 0.2) is 41.7 Å². The summed E-state index contributed by atoms with van der Waals surface area (Å²) in [5, 5.41) is 0.533. The molecule has 0 unspecified atom stereocenters. The van der Waals surface area contributed by atoms with Crippen LogP contribution in [0.3, 0.4) is 0 Å². The largest absolute Gasteiger partial charge is 0.337 e. The highest BCUT2D eigenvalue weighted by atomic mass is 16.2. The Bertz CT molecular complexity index is 915. The van der Waals surface area contributed by atoms with Gasteiger partial charge in [0.1, 0.15) is 5.82 Å². The first-order chi connectivity index (χ1) is 13.0. The van der Waals surface area contributed by atoms with Gasteiger partial charge in [0.2, 0.25) is 11.8 Å². The Kier molecular flexibility index (Phi) is 5.69. The number of carbonyl (C=O) groups is 2. The number of unbranched alkanes of at least 4 members (excludes halogenated alkanes) is 1. The van der Waals surface area contributed by atoms with E-state index >= 15 is 0 Å². The van der Waals surface area contributed by atoms with Gasteiger partial charge in [-0.3, -0.25) is 14.4 Å². The molecule has 7 nitrogen and oxygen atoms in total. The van der Waals surface area contributed by atoms with E-state index in [1.54, 1.807) is 28.0 Å². The van der Waals surface area contributed by atoms with Gasteiger partial charge in [-0.1, -0.05) is 32.1 Å². The Morgan fingerprint density at radius 2 is 2.11 bits per heavy atom. The van der Waals surface area contributed by atoms with Crippen LogP contribution in [0.25, 0.3) is 10.9 Å². The van der Waals surface area contributed by atoms with Crippen LogP contribution < -0.4 is 5.56 Å². The lowest BCUT2D eigenvalue weighted by atomic mass is 9.98. The molecule has 0 bridgehead atoms. The summed E-state index contributed by atoms with van der Waals surface area (Å²) in [6, 6.07) is 7.14. The van der Waals surface area contributed by atoms with Gasteiger partial charge >= 0.3 is 0 Å². The highest BCUT2D eigenvalue weighted by molar-refractivity contribution is 5.90. The van der Waals surface area contributed by atoms with Gasteiger partial charge < -0.3 is 14.8 Å². The molecule has 0 saturated carbocycles. The molecular weight excluding hydrogens is 344 g/mol. The number of rotatable bonds is 7. The fourth-order valence-electron chi connectivity index (χ4n) is 3.21. The molecular formula is C20H24N4O3. The normalized spacial score (nSPS) is 14.0. The molecule has 1 N–H and O–H groups in total. The van der Waals surface area contributed by atoms with Gasteiger partial charge in [0.05, 0.1) is 23.4 Å². The van der Waals surface area contributed by atoms with Gasteiger partial charge in [0.25, 0.3) is 5.56 Å². The van der Waals surface area contributed by atoms with Gasteiger partial charge in [-0.05, 0) is 24.6 Å². The Morgan fingerprint density at radius 1 is 1.37 bits per heavy atom. The molecule has 7 heteroatoms. The average Bonchev–Trinajstić information content (AvgIpc) is 2.63. The first-order valence-corrected chi connectivity index (χ1v) is 9.21. The third-order valence-corrected chi connectivity index (χ3v) is 4.81. The van der Waals surface area contributed by atoms with E-state index in [9.17, 15) is 14.4 Å². The summed E-state index contributed by atoms with van der Waals surface area (Å²) in [5.74, 6) is 0.103. The van der Waals surface area contributed by atoms with E-state index < -0.39 is 0 Å². The summed E-state index contributed by atoms with van der Waals surface area (Å²) in [7, 11) is 0. The van der Waals surface area contributed by atoms with Crippen LogP contribution in [0.1, 0.15) is 25.6 Å². The van der Waals surface area contributed by atoms with Crippen molar-refractivity contribution in [1.29, 1.82) is 0 Å². The van der Waals surface area contributed by atoms with E-state index in [2.05, 4.69) is 23.5 Å². The maximum atomic E-state index is 12.9. The van der Waals surface area contributed by atoms with Crippen molar-refractivity contribution < 1.29 is 9.59 Å². The van der Waals surface area contributed by atoms with Crippen LogP contribution in [0.4, 0.5) is 0 Å². The van der Waals surface area contributed by atoms with Crippen LogP contribution in [0.5, 0.6) is 0 Å². The minimum atomic E-state index is -0.210. The number of nitrogens with one attached hydrogen (secondary N) is 1. The second kappa shape index (κ2) is 8.16. The third kappa shape index (κ3) is 4.07. The number of H-pyrrole nitrogens is 1. The lowest BCUT2D eigenvalue weighted by molar-refractivity contribution is -0.146. The standard InChI is InChI=1S/C20H24N4O3/c1-3-5-10-23(20(27)14-11-24(12-14)18(25)4-2)13-17-21-16-9-7-6-8-15(16)19(26)22-17/h4,6-9,14H,2-3,5,10-13H2,1H3,(H,21,22,26). The Morgan fingerprint density at radius 3 is 2.81 bits per heavy atom. The Labute approximate surface area is 157 Å². The molecule has 3 rings (SSSR count). The molecule has 1 aromatic carbocycles. The van der Waals surface area contributed by atoms with E-state index in [4.69, 9.17) is 0 Å². The fourth-order valence-corrected chi connectivity index (χ4v) is 3.21. The van der Waals surface area contributed by atoms with Crippen molar-refractivity contribution in [1.82, 2.24) is 19.8 Å². The van der Waals surface area contributed by atoms with E-state index in [1.165, 1.54) is 6.08 Å². The van der Waals surface area contributed by atoms with Crippen LogP contribution >= 0.6 is 0 Å². The molecule has 2 heterocycles. The molecule has 1 aliphatic rings. The number of hydrogen-bond donors (Lipinski definition) is 1. The molecule has 1 fully saturated rings. The number of fused-ring (bicyclic) bond motifs is 1. The monoisotopic (exact) mass is 368 g/mol. The molecule has 0 aliphatic carbocycles. The van der Waals surface area contributed by atoms with Crippen LogP contribution in [-0.2, 0) is 16.1 Å². The molecule has 2 amide bonds. The first-order valence-electron chi connectivity index (χ1n) is 9.21. The van der Waals surface area contributed by atoms with Gasteiger partial charge in [-0.2, -0.15) is 0 Å². The molecule has 0 atom stereocenters.